The third-order valence-electron chi connectivity index (χ3n) is 7.08. The van der Waals surface area contributed by atoms with E-state index in [1.54, 1.807) is 13.8 Å². The Kier molecular flexibility index (Phi) is 8.25. The molecule has 0 radical (unpaired) electrons. The van der Waals surface area contributed by atoms with Gasteiger partial charge in [-0.3, -0.25) is 4.79 Å². The second-order valence-electron chi connectivity index (χ2n) is 9.84. The lowest BCUT2D eigenvalue weighted by atomic mass is 10.1. The number of urea groups is 1. The third kappa shape index (κ3) is 5.77. The zero-order valence-electron chi connectivity index (χ0n) is 22.3. The van der Waals surface area contributed by atoms with Crippen LogP contribution in [0.1, 0.15) is 51.0 Å². The zero-order chi connectivity index (χ0) is 28.6. The van der Waals surface area contributed by atoms with E-state index in [1.165, 1.54) is 11.3 Å². The van der Waals surface area contributed by atoms with Gasteiger partial charge in [0, 0.05) is 55.3 Å². The predicted octanol–water partition coefficient (Wildman–Crippen LogP) is 4.86. The number of benzene rings is 1. The summed E-state index contributed by atoms with van der Waals surface area (Å²) in [5.41, 5.74) is 3.12. The van der Waals surface area contributed by atoms with Gasteiger partial charge in [-0.15, -0.1) is 0 Å². The number of thiazole rings is 1. The smallest absolute Gasteiger partial charge is 0.350 e. The van der Waals surface area contributed by atoms with Gasteiger partial charge in [0.25, 0.3) is 5.91 Å². The van der Waals surface area contributed by atoms with Crippen molar-refractivity contribution in [3.8, 4) is 0 Å². The quantitative estimate of drug-likeness (QED) is 0.258. The van der Waals surface area contributed by atoms with E-state index in [9.17, 15) is 14.4 Å². The summed E-state index contributed by atoms with van der Waals surface area (Å²) in [5, 5.41) is 9.93. The molecule has 10 nitrogen and oxygen atoms in total. The molecule has 4 N–H and O–H groups in total. The van der Waals surface area contributed by atoms with Crippen LogP contribution >= 0.6 is 34.5 Å². The first-order chi connectivity index (χ1) is 19.2. The van der Waals surface area contributed by atoms with Crippen molar-refractivity contribution < 1.29 is 19.1 Å². The average molecular weight is 606 g/mol. The number of amides is 3. The van der Waals surface area contributed by atoms with Crippen LogP contribution in [0.15, 0.2) is 24.3 Å². The summed E-state index contributed by atoms with van der Waals surface area (Å²) in [5.74, 6) is -0.102. The minimum atomic E-state index is -0.399. The number of hydrogen-bond acceptors (Lipinski definition) is 7. The molecule has 2 aliphatic rings. The normalized spacial score (nSPS) is 19.2. The Balaban J connectivity index is 1.26. The maximum Gasteiger partial charge on any atom is 0.350 e. The maximum atomic E-state index is 12.8. The zero-order valence-corrected chi connectivity index (χ0v) is 24.6. The fourth-order valence-electron chi connectivity index (χ4n) is 5.09. The highest BCUT2D eigenvalue weighted by atomic mass is 35.5. The first-order valence-electron chi connectivity index (χ1n) is 13.1. The Morgan fingerprint density at radius 2 is 1.93 bits per heavy atom. The molecular weight excluding hydrogens is 575 g/mol. The number of hydrogen-bond donors (Lipinski definition) is 4. The number of aryl methyl sites for hydroxylation is 1. The van der Waals surface area contributed by atoms with Gasteiger partial charge in [-0.1, -0.05) is 46.7 Å². The second-order valence-corrected chi connectivity index (χ2v) is 11.6. The predicted molar refractivity (Wildman–Crippen MR) is 156 cm³/mol. The Hall–Kier alpha value is -3.28. The van der Waals surface area contributed by atoms with Gasteiger partial charge in [0.1, 0.15) is 10.6 Å². The van der Waals surface area contributed by atoms with Crippen molar-refractivity contribution in [2.24, 2.45) is 11.8 Å². The van der Waals surface area contributed by atoms with Gasteiger partial charge < -0.3 is 30.6 Å². The summed E-state index contributed by atoms with van der Waals surface area (Å²) in [6.45, 7) is 7.61. The van der Waals surface area contributed by atoms with Crippen LogP contribution in [0.25, 0.3) is 0 Å². The maximum absolute atomic E-state index is 12.8. The van der Waals surface area contributed by atoms with E-state index in [1.807, 2.05) is 31.2 Å². The number of ether oxygens (including phenoxy) is 1. The Morgan fingerprint density at radius 1 is 1.18 bits per heavy atom. The number of esters is 1. The Labute approximate surface area is 245 Å². The van der Waals surface area contributed by atoms with Crippen molar-refractivity contribution in [1.82, 2.24) is 20.6 Å². The molecule has 3 heterocycles. The monoisotopic (exact) mass is 604 g/mol. The number of halogens is 2. The first-order valence-corrected chi connectivity index (χ1v) is 14.7. The minimum absolute atomic E-state index is 0.0475. The number of H-pyrrole nitrogens is 1. The standard InChI is InChI=1S/C27H30Cl2N6O4S/c1-4-30-26(38)32-15-8-6-7-14(9-15)10-18-23(25(37)39-5-2)40-27(33-18)35-11-16-17(12-35)21(16)34-24(36)22-20(29)19(28)13(3)31-22/h6-9,16-17,21,31H,4-5,10-12H2,1-3H3,(H,34,36)(H2,30,32,38)/t16-,17+,21-. The van der Waals surface area contributed by atoms with Gasteiger partial charge in [0.2, 0.25) is 0 Å². The molecule has 2 fully saturated rings. The van der Waals surface area contributed by atoms with E-state index in [2.05, 4.69) is 25.8 Å². The number of carbonyl (C=O) groups is 3. The molecule has 3 atom stereocenters. The summed E-state index contributed by atoms with van der Waals surface area (Å²) in [7, 11) is 0. The minimum Gasteiger partial charge on any atom is -0.462 e. The molecule has 0 spiro atoms. The van der Waals surface area contributed by atoms with Gasteiger partial charge in [0.15, 0.2) is 5.13 Å². The number of aromatic amines is 1. The average Bonchev–Trinajstić information content (AvgIpc) is 3.26. The summed E-state index contributed by atoms with van der Waals surface area (Å²) in [4.78, 5) is 47.9. The molecule has 1 aromatic carbocycles. The van der Waals surface area contributed by atoms with Crippen LogP contribution in [-0.2, 0) is 11.2 Å². The number of nitrogens with one attached hydrogen (secondary N) is 4. The van der Waals surface area contributed by atoms with Crippen LogP contribution < -0.4 is 20.9 Å². The lowest BCUT2D eigenvalue weighted by Gasteiger charge is -2.19. The Morgan fingerprint density at radius 3 is 2.58 bits per heavy atom. The first kappa shape index (κ1) is 28.3. The molecule has 5 rings (SSSR count). The van der Waals surface area contributed by atoms with E-state index < -0.39 is 5.97 Å². The molecule has 1 aliphatic carbocycles. The van der Waals surface area contributed by atoms with Crippen LogP contribution in [0.5, 0.6) is 0 Å². The highest BCUT2D eigenvalue weighted by Crippen LogP contribution is 2.48. The number of anilines is 2. The van der Waals surface area contributed by atoms with Gasteiger partial charge in [-0.25, -0.2) is 14.6 Å². The lowest BCUT2D eigenvalue weighted by Crippen LogP contribution is -2.34. The SMILES string of the molecule is CCNC(=O)Nc1cccc(Cc2nc(N3C[C@@H]4[C@H](C3)[C@@H]4NC(=O)c3[nH]c(C)c(Cl)c3Cl)sc2C(=O)OCC)c1. The van der Waals surface area contributed by atoms with E-state index in [0.29, 0.717) is 39.9 Å². The third-order valence-corrected chi connectivity index (χ3v) is 9.17. The molecule has 1 aliphatic heterocycles. The van der Waals surface area contributed by atoms with Gasteiger partial charge >= 0.3 is 12.0 Å². The molecule has 0 bridgehead atoms. The van der Waals surface area contributed by atoms with E-state index >= 15 is 0 Å². The molecule has 0 unspecified atom stereocenters. The number of rotatable bonds is 9. The molecule has 1 saturated carbocycles. The molecule has 40 heavy (non-hydrogen) atoms. The molecule has 3 aromatic rings. The summed E-state index contributed by atoms with van der Waals surface area (Å²) in [6.07, 6.45) is 0.411. The fraction of sp³-hybridized carbons (Fsp3) is 0.407. The molecule has 3 amide bonds. The highest BCUT2D eigenvalue weighted by molar-refractivity contribution is 7.17. The largest absolute Gasteiger partial charge is 0.462 e. The fourth-order valence-corrected chi connectivity index (χ4v) is 6.50. The highest BCUT2D eigenvalue weighted by Gasteiger charge is 2.57. The van der Waals surface area contributed by atoms with Crippen molar-refractivity contribution in [3.63, 3.8) is 0 Å². The van der Waals surface area contributed by atoms with Gasteiger partial charge in [0.05, 0.1) is 22.3 Å². The molecule has 2 aromatic heterocycles. The number of piperidine rings is 1. The van der Waals surface area contributed by atoms with Crippen molar-refractivity contribution in [2.75, 3.05) is 36.5 Å². The van der Waals surface area contributed by atoms with Crippen molar-refractivity contribution in [3.05, 3.63) is 61.8 Å². The topological polar surface area (TPSA) is 128 Å². The van der Waals surface area contributed by atoms with Crippen LogP contribution in [0.2, 0.25) is 10.0 Å². The van der Waals surface area contributed by atoms with Crippen LogP contribution in [-0.4, -0.2) is 60.2 Å². The number of nitrogens with zero attached hydrogens (tertiary/aromatic N) is 2. The number of aromatic nitrogens is 2. The number of fused-ring (bicyclic) bond motifs is 1. The molecular formula is C27H30Cl2N6O4S. The van der Waals surface area contributed by atoms with Crippen molar-refractivity contribution in [1.29, 1.82) is 0 Å². The lowest BCUT2D eigenvalue weighted by molar-refractivity contribution is 0.0530. The van der Waals surface area contributed by atoms with Crippen LogP contribution in [0.4, 0.5) is 15.6 Å². The van der Waals surface area contributed by atoms with Gasteiger partial charge in [-0.2, -0.15) is 0 Å². The van der Waals surface area contributed by atoms with Crippen molar-refractivity contribution in [2.45, 2.75) is 33.2 Å². The second kappa shape index (κ2) is 11.7. The van der Waals surface area contributed by atoms with E-state index in [-0.39, 0.29) is 47.1 Å². The summed E-state index contributed by atoms with van der Waals surface area (Å²) in [6, 6.07) is 7.23. The van der Waals surface area contributed by atoms with E-state index in [4.69, 9.17) is 32.9 Å². The molecule has 13 heteroatoms. The molecule has 1 saturated heterocycles. The number of carbonyl (C=O) groups excluding carboxylic acids is 3. The summed E-state index contributed by atoms with van der Waals surface area (Å²) < 4.78 is 5.32. The van der Waals surface area contributed by atoms with Crippen LogP contribution in [0.3, 0.4) is 0 Å². The van der Waals surface area contributed by atoms with Crippen LogP contribution in [0, 0.1) is 18.8 Å². The summed E-state index contributed by atoms with van der Waals surface area (Å²) >= 11 is 13.6. The molecule has 212 valence electrons. The van der Waals surface area contributed by atoms with Crippen molar-refractivity contribution >= 4 is 63.3 Å². The Bertz CT molecular complexity index is 1440. The van der Waals surface area contributed by atoms with Gasteiger partial charge in [-0.05, 0) is 38.5 Å². The van der Waals surface area contributed by atoms with E-state index in [0.717, 1.165) is 23.8 Å².